The molecule has 0 aromatic carbocycles. The van der Waals surface area contributed by atoms with Crippen LogP contribution in [0.25, 0.3) is 20.4 Å². The average Bonchev–Trinajstić information content (AvgIpc) is 3.41. The molecule has 3 aromatic rings. The number of anilines is 2. The van der Waals surface area contributed by atoms with Crippen LogP contribution in [-0.2, 0) is 22.5 Å². The predicted octanol–water partition coefficient (Wildman–Crippen LogP) is 3.53. The Balaban J connectivity index is 1.61. The maximum atomic E-state index is 6.23. The maximum absolute atomic E-state index is 6.23. The second-order valence-electron chi connectivity index (χ2n) is 9.07. The minimum Gasteiger partial charge on any atom is -0.378 e. The van der Waals surface area contributed by atoms with Crippen molar-refractivity contribution in [3.63, 3.8) is 0 Å². The van der Waals surface area contributed by atoms with Gasteiger partial charge in [-0.25, -0.2) is 15.0 Å². The van der Waals surface area contributed by atoms with Crippen LogP contribution in [0.2, 0.25) is 0 Å². The van der Waals surface area contributed by atoms with E-state index >= 15 is 0 Å². The van der Waals surface area contributed by atoms with Crippen LogP contribution in [0.4, 0.5) is 11.6 Å². The Morgan fingerprint density at radius 3 is 2.53 bits per heavy atom. The van der Waals surface area contributed by atoms with Crippen LogP contribution in [0, 0.1) is 0 Å². The number of hydrogen-bond donors (Lipinski definition) is 0. The molecule has 30 heavy (non-hydrogen) atoms. The van der Waals surface area contributed by atoms with E-state index in [9.17, 15) is 0 Å². The maximum Gasteiger partial charge on any atom is 0.150 e. The Morgan fingerprint density at radius 2 is 1.73 bits per heavy atom. The summed E-state index contributed by atoms with van der Waals surface area (Å²) in [5.74, 6) is 2.15. The monoisotopic (exact) mass is 425 g/mol. The molecule has 3 aliphatic rings. The molecule has 3 aromatic heterocycles. The third-order valence-electron chi connectivity index (χ3n) is 6.50. The Bertz CT molecular complexity index is 1120. The summed E-state index contributed by atoms with van der Waals surface area (Å²) in [5.41, 5.74) is 3.45. The highest BCUT2D eigenvalue weighted by Gasteiger charge is 2.33. The summed E-state index contributed by atoms with van der Waals surface area (Å²) < 4.78 is 13.0. The van der Waals surface area contributed by atoms with Crippen molar-refractivity contribution in [2.45, 2.75) is 45.3 Å². The number of fused-ring (bicyclic) bond motifs is 5. The number of nitrogens with zero attached hydrogens (tertiary/aromatic N) is 5. The zero-order valence-corrected chi connectivity index (χ0v) is 18.4. The van der Waals surface area contributed by atoms with E-state index in [-0.39, 0.29) is 5.60 Å². The molecule has 2 fully saturated rings. The van der Waals surface area contributed by atoms with Gasteiger partial charge in [-0.3, -0.25) is 0 Å². The zero-order valence-electron chi connectivity index (χ0n) is 17.6. The van der Waals surface area contributed by atoms with Gasteiger partial charge >= 0.3 is 0 Å². The summed E-state index contributed by atoms with van der Waals surface area (Å²) >= 11 is 1.75. The Morgan fingerprint density at radius 1 is 0.967 bits per heavy atom. The van der Waals surface area contributed by atoms with E-state index in [1.807, 2.05) is 0 Å². The van der Waals surface area contributed by atoms with Gasteiger partial charge in [0.05, 0.1) is 35.6 Å². The van der Waals surface area contributed by atoms with Crippen molar-refractivity contribution in [2.24, 2.45) is 0 Å². The highest BCUT2D eigenvalue weighted by molar-refractivity contribution is 7.26. The van der Waals surface area contributed by atoms with Gasteiger partial charge in [-0.1, -0.05) is 0 Å². The van der Waals surface area contributed by atoms with Crippen molar-refractivity contribution in [1.29, 1.82) is 0 Å². The first-order valence-electron chi connectivity index (χ1n) is 10.9. The lowest BCUT2D eigenvalue weighted by molar-refractivity contribution is -0.0396. The quantitative estimate of drug-likeness (QED) is 0.622. The van der Waals surface area contributed by atoms with Crippen LogP contribution in [0.3, 0.4) is 0 Å². The van der Waals surface area contributed by atoms with Crippen molar-refractivity contribution in [3.05, 3.63) is 17.5 Å². The van der Waals surface area contributed by atoms with E-state index in [0.29, 0.717) is 6.61 Å². The molecule has 0 N–H and O–H groups in total. The van der Waals surface area contributed by atoms with Gasteiger partial charge in [0.15, 0.2) is 0 Å². The molecule has 0 atom stereocenters. The number of thiophene rings is 1. The summed E-state index contributed by atoms with van der Waals surface area (Å²) in [5, 5.41) is 1.21. The molecule has 0 radical (unpaired) electrons. The smallest absolute Gasteiger partial charge is 0.150 e. The molecule has 8 heteroatoms. The van der Waals surface area contributed by atoms with Gasteiger partial charge in [-0.05, 0) is 32.3 Å². The first-order chi connectivity index (χ1) is 14.6. The topological polar surface area (TPSA) is 63.6 Å². The second-order valence-corrected chi connectivity index (χ2v) is 10.1. The molecule has 0 aliphatic carbocycles. The van der Waals surface area contributed by atoms with Gasteiger partial charge < -0.3 is 19.3 Å². The van der Waals surface area contributed by atoms with Crippen LogP contribution in [0.1, 0.15) is 37.8 Å². The van der Waals surface area contributed by atoms with E-state index in [1.54, 1.807) is 17.7 Å². The molecule has 0 saturated carbocycles. The fourth-order valence-electron chi connectivity index (χ4n) is 4.97. The third kappa shape index (κ3) is 2.96. The van der Waals surface area contributed by atoms with E-state index in [1.165, 1.54) is 34.1 Å². The number of rotatable bonds is 2. The average molecular weight is 426 g/mol. The van der Waals surface area contributed by atoms with Crippen molar-refractivity contribution >= 4 is 43.4 Å². The standard InChI is InChI=1S/C22H27N5O2S/c1-22(2)11-14-15(12-29-22)19(27-7-9-28-10-8-27)25-21-16(14)17-18(30-21)20(24-13-23-17)26-5-3-4-6-26/h13H,3-12H2,1-2H3. The van der Waals surface area contributed by atoms with Crippen molar-refractivity contribution in [2.75, 3.05) is 49.2 Å². The highest BCUT2D eigenvalue weighted by atomic mass is 32.1. The lowest BCUT2D eigenvalue weighted by atomic mass is 9.90. The van der Waals surface area contributed by atoms with E-state index in [0.717, 1.165) is 67.8 Å². The van der Waals surface area contributed by atoms with Crippen molar-refractivity contribution < 1.29 is 9.47 Å². The molecule has 0 bridgehead atoms. The van der Waals surface area contributed by atoms with Gasteiger partial charge in [-0.2, -0.15) is 0 Å². The van der Waals surface area contributed by atoms with Crippen LogP contribution in [0.15, 0.2) is 6.33 Å². The summed E-state index contributed by atoms with van der Waals surface area (Å²) in [4.78, 5) is 20.5. The third-order valence-corrected chi connectivity index (χ3v) is 7.57. The highest BCUT2D eigenvalue weighted by Crippen LogP contribution is 2.44. The van der Waals surface area contributed by atoms with Gasteiger partial charge in [-0.15, -0.1) is 11.3 Å². The summed E-state index contributed by atoms with van der Waals surface area (Å²) in [6.07, 6.45) is 5.07. The zero-order chi connectivity index (χ0) is 20.3. The summed E-state index contributed by atoms with van der Waals surface area (Å²) in [6.45, 7) is 10.3. The Kier molecular flexibility index (Phi) is 4.37. The van der Waals surface area contributed by atoms with Crippen LogP contribution in [0.5, 0.6) is 0 Å². The summed E-state index contributed by atoms with van der Waals surface area (Å²) in [7, 11) is 0. The van der Waals surface area contributed by atoms with E-state index < -0.39 is 0 Å². The van der Waals surface area contributed by atoms with E-state index in [4.69, 9.17) is 19.4 Å². The normalized spacial score (nSPS) is 21.5. The van der Waals surface area contributed by atoms with Gasteiger partial charge in [0.25, 0.3) is 0 Å². The van der Waals surface area contributed by atoms with Gasteiger partial charge in [0.2, 0.25) is 0 Å². The first kappa shape index (κ1) is 18.7. The predicted molar refractivity (Wildman–Crippen MR) is 120 cm³/mol. The van der Waals surface area contributed by atoms with Crippen LogP contribution in [-0.4, -0.2) is 59.9 Å². The molecule has 7 nitrogen and oxygen atoms in total. The molecule has 0 amide bonds. The number of pyridine rings is 1. The molecular weight excluding hydrogens is 398 g/mol. The summed E-state index contributed by atoms with van der Waals surface area (Å²) in [6, 6.07) is 0. The fourth-order valence-corrected chi connectivity index (χ4v) is 6.14. The second kappa shape index (κ2) is 7.00. The first-order valence-corrected chi connectivity index (χ1v) is 11.7. The Labute approximate surface area is 180 Å². The van der Waals surface area contributed by atoms with Gasteiger partial charge in [0.1, 0.15) is 22.8 Å². The molecule has 2 saturated heterocycles. The fraction of sp³-hybridized carbons (Fsp3) is 0.591. The van der Waals surface area contributed by atoms with Gasteiger partial charge in [0, 0.05) is 43.5 Å². The van der Waals surface area contributed by atoms with E-state index in [2.05, 4.69) is 28.6 Å². The molecule has 158 valence electrons. The van der Waals surface area contributed by atoms with Crippen LogP contribution >= 0.6 is 11.3 Å². The lowest BCUT2D eigenvalue weighted by Crippen LogP contribution is -2.39. The number of morpholine rings is 1. The minimum atomic E-state index is -0.192. The largest absolute Gasteiger partial charge is 0.378 e. The molecule has 0 unspecified atom stereocenters. The molecule has 3 aliphatic heterocycles. The SMILES string of the molecule is CC1(C)Cc2c(c(N3CCOCC3)nc3sc4c(N5CCCC5)ncnc4c23)CO1. The molecule has 0 spiro atoms. The Hall–Kier alpha value is -2.03. The number of aromatic nitrogens is 3. The van der Waals surface area contributed by atoms with Crippen molar-refractivity contribution in [3.8, 4) is 0 Å². The minimum absolute atomic E-state index is 0.192. The van der Waals surface area contributed by atoms with Crippen molar-refractivity contribution in [1.82, 2.24) is 15.0 Å². The molecular formula is C22H27N5O2S. The lowest BCUT2D eigenvalue weighted by Gasteiger charge is -2.36. The number of hydrogen-bond acceptors (Lipinski definition) is 8. The molecule has 6 heterocycles. The molecule has 6 rings (SSSR count). The number of ether oxygens (including phenoxy) is 2. The van der Waals surface area contributed by atoms with Crippen LogP contribution < -0.4 is 9.80 Å².